The van der Waals surface area contributed by atoms with E-state index in [-0.39, 0.29) is 16.7 Å². The van der Waals surface area contributed by atoms with E-state index in [2.05, 4.69) is 10.2 Å². The molecule has 1 heterocycles. The summed E-state index contributed by atoms with van der Waals surface area (Å²) in [6, 6.07) is 9.03. The molecule has 3 N–H and O–H groups in total. The lowest BCUT2D eigenvalue weighted by Crippen LogP contribution is -2.23. The molecule has 0 spiro atoms. The van der Waals surface area contributed by atoms with Crippen molar-refractivity contribution in [2.45, 2.75) is 20.0 Å². The number of rotatable bonds is 4. The van der Waals surface area contributed by atoms with E-state index in [1.807, 2.05) is 38.1 Å². The van der Waals surface area contributed by atoms with Crippen LogP contribution in [0, 0.1) is 0 Å². The SMILES string of the molecule is CC(C)Oc1cccc(-c2cc(C(N)=S)c(=O)[nH]n2)c1. The van der Waals surface area contributed by atoms with Crippen LogP contribution in [-0.4, -0.2) is 21.3 Å². The topological polar surface area (TPSA) is 81.0 Å². The number of aromatic nitrogens is 2. The number of thiocarbonyl (C=S) groups is 1. The zero-order valence-corrected chi connectivity index (χ0v) is 12.0. The van der Waals surface area contributed by atoms with Crippen LogP contribution in [0.15, 0.2) is 35.1 Å². The van der Waals surface area contributed by atoms with Crippen LogP contribution in [0.25, 0.3) is 11.3 Å². The van der Waals surface area contributed by atoms with Gasteiger partial charge in [0, 0.05) is 5.56 Å². The van der Waals surface area contributed by atoms with Gasteiger partial charge in [-0.05, 0) is 32.0 Å². The number of ether oxygens (including phenoxy) is 1. The second-order valence-corrected chi connectivity index (χ2v) is 4.99. The molecule has 0 radical (unpaired) electrons. The van der Waals surface area contributed by atoms with Crippen LogP contribution >= 0.6 is 12.2 Å². The van der Waals surface area contributed by atoms with Crippen molar-refractivity contribution in [3.05, 3.63) is 46.2 Å². The summed E-state index contributed by atoms with van der Waals surface area (Å²) in [6.45, 7) is 3.91. The third kappa shape index (κ3) is 3.21. The predicted octanol–water partition coefficient (Wildman–Crippen LogP) is 1.86. The number of H-pyrrole nitrogens is 1. The van der Waals surface area contributed by atoms with E-state index in [1.165, 1.54) is 0 Å². The second kappa shape index (κ2) is 5.83. The fourth-order valence-electron chi connectivity index (χ4n) is 1.74. The molecular formula is C14H15N3O2S. The number of nitrogens with two attached hydrogens (primary N) is 1. The molecule has 0 aliphatic heterocycles. The minimum absolute atomic E-state index is 0.0458. The number of nitrogens with one attached hydrogen (secondary N) is 1. The van der Waals surface area contributed by atoms with Crippen molar-refractivity contribution in [2.75, 3.05) is 0 Å². The molecule has 0 atom stereocenters. The maximum atomic E-state index is 11.5. The van der Waals surface area contributed by atoms with E-state index in [1.54, 1.807) is 6.07 Å². The molecule has 5 nitrogen and oxygen atoms in total. The summed E-state index contributed by atoms with van der Waals surface area (Å²) in [5, 5.41) is 6.40. The fourth-order valence-corrected chi connectivity index (χ4v) is 1.89. The number of hydrogen-bond acceptors (Lipinski definition) is 4. The van der Waals surface area contributed by atoms with Crippen molar-refractivity contribution in [3.63, 3.8) is 0 Å². The lowest BCUT2D eigenvalue weighted by atomic mass is 10.1. The molecule has 0 saturated heterocycles. The molecule has 1 aromatic carbocycles. The van der Waals surface area contributed by atoms with Crippen LogP contribution in [0.5, 0.6) is 5.75 Å². The Balaban J connectivity index is 2.44. The van der Waals surface area contributed by atoms with Gasteiger partial charge in [0.25, 0.3) is 5.56 Å². The fraction of sp³-hybridized carbons (Fsp3) is 0.214. The van der Waals surface area contributed by atoms with Gasteiger partial charge < -0.3 is 10.5 Å². The Morgan fingerprint density at radius 3 is 2.80 bits per heavy atom. The normalized spacial score (nSPS) is 10.6. The number of benzene rings is 1. The molecule has 0 amide bonds. The Morgan fingerprint density at radius 1 is 1.40 bits per heavy atom. The van der Waals surface area contributed by atoms with Gasteiger partial charge >= 0.3 is 0 Å². The molecule has 20 heavy (non-hydrogen) atoms. The van der Waals surface area contributed by atoms with Crippen molar-refractivity contribution in [1.29, 1.82) is 0 Å². The molecule has 1 aromatic heterocycles. The van der Waals surface area contributed by atoms with Crippen molar-refractivity contribution in [3.8, 4) is 17.0 Å². The van der Waals surface area contributed by atoms with Crippen molar-refractivity contribution < 1.29 is 4.74 Å². The Kier molecular flexibility index (Phi) is 4.14. The zero-order valence-electron chi connectivity index (χ0n) is 11.2. The van der Waals surface area contributed by atoms with Crippen LogP contribution < -0.4 is 16.0 Å². The highest BCUT2D eigenvalue weighted by Crippen LogP contribution is 2.22. The second-order valence-electron chi connectivity index (χ2n) is 4.55. The van der Waals surface area contributed by atoms with Crippen LogP contribution in [0.2, 0.25) is 0 Å². The summed E-state index contributed by atoms with van der Waals surface area (Å²) in [5.74, 6) is 0.738. The van der Waals surface area contributed by atoms with Gasteiger partial charge in [0.2, 0.25) is 0 Å². The quantitative estimate of drug-likeness (QED) is 0.840. The third-order valence-electron chi connectivity index (χ3n) is 2.57. The van der Waals surface area contributed by atoms with E-state index < -0.39 is 5.56 Å². The predicted molar refractivity (Wildman–Crippen MR) is 81.9 cm³/mol. The first kappa shape index (κ1) is 14.2. The molecule has 6 heteroatoms. The van der Waals surface area contributed by atoms with Crippen molar-refractivity contribution in [1.82, 2.24) is 10.2 Å². The van der Waals surface area contributed by atoms with Gasteiger partial charge in [-0.3, -0.25) is 4.79 Å². The smallest absolute Gasteiger partial charge is 0.274 e. The minimum atomic E-state index is -0.393. The van der Waals surface area contributed by atoms with E-state index in [4.69, 9.17) is 22.7 Å². The van der Waals surface area contributed by atoms with Crippen LogP contribution in [0.1, 0.15) is 19.4 Å². The molecule has 0 aliphatic carbocycles. The van der Waals surface area contributed by atoms with Gasteiger partial charge in [-0.25, -0.2) is 5.10 Å². The van der Waals surface area contributed by atoms with E-state index in [0.717, 1.165) is 11.3 Å². The first-order chi connectivity index (χ1) is 9.47. The summed E-state index contributed by atoms with van der Waals surface area (Å²) in [6.07, 6.45) is 0.0842. The van der Waals surface area contributed by atoms with Gasteiger partial charge in [0.15, 0.2) is 0 Å². The van der Waals surface area contributed by atoms with E-state index >= 15 is 0 Å². The maximum Gasteiger partial charge on any atom is 0.274 e. The van der Waals surface area contributed by atoms with Crippen molar-refractivity contribution in [2.24, 2.45) is 5.73 Å². The molecule has 0 bridgehead atoms. The van der Waals surface area contributed by atoms with Gasteiger partial charge in [-0.15, -0.1) is 0 Å². The summed E-state index contributed by atoms with van der Waals surface area (Å²) in [4.78, 5) is 11.6. The molecular weight excluding hydrogens is 274 g/mol. The summed E-state index contributed by atoms with van der Waals surface area (Å²) in [7, 11) is 0. The molecule has 0 aliphatic rings. The average Bonchev–Trinajstić information content (AvgIpc) is 2.38. The highest BCUT2D eigenvalue weighted by Gasteiger charge is 2.08. The van der Waals surface area contributed by atoms with Crippen LogP contribution in [0.3, 0.4) is 0 Å². The largest absolute Gasteiger partial charge is 0.491 e. The van der Waals surface area contributed by atoms with Gasteiger partial charge in [-0.2, -0.15) is 5.10 Å². The number of nitrogens with zero attached hydrogens (tertiary/aromatic N) is 1. The Morgan fingerprint density at radius 2 is 2.15 bits per heavy atom. The summed E-state index contributed by atoms with van der Waals surface area (Å²) >= 11 is 4.85. The van der Waals surface area contributed by atoms with Crippen molar-refractivity contribution >= 4 is 17.2 Å². The maximum absolute atomic E-state index is 11.5. The van der Waals surface area contributed by atoms with Crippen LogP contribution in [0.4, 0.5) is 0 Å². The average molecular weight is 289 g/mol. The Hall–Kier alpha value is -2.21. The lowest BCUT2D eigenvalue weighted by molar-refractivity contribution is 0.242. The highest BCUT2D eigenvalue weighted by atomic mass is 32.1. The standard InChI is InChI=1S/C14H15N3O2S/c1-8(2)19-10-5-3-4-9(6-10)12-7-11(13(15)20)14(18)17-16-12/h3-8H,1-2H3,(H2,15,20)(H,17,18). The molecule has 0 saturated carbocycles. The Labute approximate surface area is 121 Å². The number of hydrogen-bond donors (Lipinski definition) is 2. The third-order valence-corrected chi connectivity index (χ3v) is 2.79. The van der Waals surface area contributed by atoms with E-state index in [0.29, 0.717) is 5.69 Å². The van der Waals surface area contributed by atoms with Gasteiger partial charge in [0.1, 0.15) is 10.7 Å². The molecule has 2 aromatic rings. The van der Waals surface area contributed by atoms with Gasteiger partial charge in [0.05, 0.1) is 17.4 Å². The first-order valence-corrected chi connectivity index (χ1v) is 6.55. The molecule has 0 fully saturated rings. The summed E-state index contributed by atoms with van der Waals surface area (Å²) < 4.78 is 5.63. The number of aromatic amines is 1. The van der Waals surface area contributed by atoms with Gasteiger partial charge in [-0.1, -0.05) is 24.4 Å². The Bertz CT molecular complexity index is 695. The molecule has 104 valence electrons. The zero-order chi connectivity index (χ0) is 14.7. The lowest BCUT2D eigenvalue weighted by Gasteiger charge is -2.10. The minimum Gasteiger partial charge on any atom is -0.491 e. The van der Waals surface area contributed by atoms with E-state index in [9.17, 15) is 4.79 Å². The molecule has 2 rings (SSSR count). The highest BCUT2D eigenvalue weighted by molar-refractivity contribution is 7.80. The van der Waals surface area contributed by atoms with Crippen LogP contribution in [-0.2, 0) is 0 Å². The summed E-state index contributed by atoms with van der Waals surface area (Å²) in [5.41, 5.74) is 6.78. The first-order valence-electron chi connectivity index (χ1n) is 6.14. The molecule has 0 unspecified atom stereocenters. The monoisotopic (exact) mass is 289 g/mol.